The van der Waals surface area contributed by atoms with E-state index < -0.39 is 11.7 Å². The summed E-state index contributed by atoms with van der Waals surface area (Å²) in [5.41, 5.74) is -0.643. The van der Waals surface area contributed by atoms with Crippen molar-refractivity contribution in [3.63, 3.8) is 0 Å². The summed E-state index contributed by atoms with van der Waals surface area (Å²) < 4.78 is 39.2. The molecule has 1 saturated heterocycles. The first kappa shape index (κ1) is 14.8. The van der Waals surface area contributed by atoms with Crippen molar-refractivity contribution < 1.29 is 23.1 Å². The summed E-state index contributed by atoms with van der Waals surface area (Å²) in [6.07, 6.45) is -2.73. The van der Waals surface area contributed by atoms with Crippen LogP contribution >= 0.6 is 0 Å². The molecule has 1 aromatic carbocycles. The molecule has 0 atom stereocenters. The van der Waals surface area contributed by atoms with Crippen LogP contribution in [0.2, 0.25) is 0 Å². The molecule has 0 bridgehead atoms. The highest BCUT2D eigenvalue weighted by Gasteiger charge is 2.35. The lowest BCUT2D eigenvalue weighted by atomic mass is 9.96. The highest BCUT2D eigenvalue weighted by atomic mass is 19.4. The number of hydrogen-bond acceptors (Lipinski definition) is 3. The van der Waals surface area contributed by atoms with Crippen molar-refractivity contribution in [1.29, 1.82) is 0 Å². The molecule has 0 saturated carbocycles. The van der Waals surface area contributed by atoms with Crippen LogP contribution in [0, 0.1) is 5.92 Å². The van der Waals surface area contributed by atoms with Crippen LogP contribution in [-0.4, -0.2) is 31.1 Å². The molecule has 0 aliphatic carbocycles. The van der Waals surface area contributed by atoms with Crippen LogP contribution in [0.1, 0.15) is 28.8 Å². The summed E-state index contributed by atoms with van der Waals surface area (Å²) in [7, 11) is 0. The minimum absolute atomic E-state index is 0.0197. The zero-order valence-electron chi connectivity index (χ0n) is 10.9. The van der Waals surface area contributed by atoms with E-state index in [-0.39, 0.29) is 23.8 Å². The van der Waals surface area contributed by atoms with Gasteiger partial charge in [0.1, 0.15) is 6.29 Å². The van der Waals surface area contributed by atoms with E-state index in [0.717, 1.165) is 6.07 Å². The Kier molecular flexibility index (Phi) is 4.32. The molecule has 1 fully saturated rings. The fraction of sp³-hybridized carbons (Fsp3) is 0.500. The number of hydrogen-bond donors (Lipinski definition) is 1. The van der Waals surface area contributed by atoms with Crippen LogP contribution in [0.25, 0.3) is 0 Å². The van der Waals surface area contributed by atoms with Crippen LogP contribution in [-0.2, 0) is 6.18 Å². The smallest absolute Gasteiger partial charge is 0.396 e. The highest BCUT2D eigenvalue weighted by molar-refractivity contribution is 5.77. The number of piperidine rings is 1. The van der Waals surface area contributed by atoms with E-state index in [1.807, 2.05) is 0 Å². The molecule has 20 heavy (non-hydrogen) atoms. The maximum Gasteiger partial charge on any atom is 0.418 e. The average Bonchev–Trinajstić information content (AvgIpc) is 2.46. The molecule has 0 unspecified atom stereocenters. The lowest BCUT2D eigenvalue weighted by Gasteiger charge is -2.34. The molecule has 6 heteroatoms. The van der Waals surface area contributed by atoms with Gasteiger partial charge in [0.25, 0.3) is 0 Å². The van der Waals surface area contributed by atoms with Crippen molar-refractivity contribution >= 4 is 12.0 Å². The van der Waals surface area contributed by atoms with E-state index in [4.69, 9.17) is 5.11 Å². The second-order valence-electron chi connectivity index (χ2n) is 5.01. The van der Waals surface area contributed by atoms with Gasteiger partial charge in [-0.1, -0.05) is 0 Å². The van der Waals surface area contributed by atoms with E-state index in [1.54, 1.807) is 4.90 Å². The second kappa shape index (κ2) is 5.83. The molecule has 3 nitrogen and oxygen atoms in total. The number of halogens is 3. The Hall–Kier alpha value is -1.56. The number of anilines is 1. The summed E-state index contributed by atoms with van der Waals surface area (Å²) >= 11 is 0. The summed E-state index contributed by atoms with van der Waals surface area (Å²) in [5.74, 6) is 0.162. The van der Waals surface area contributed by atoms with Gasteiger partial charge in [-0.25, -0.2) is 0 Å². The van der Waals surface area contributed by atoms with Gasteiger partial charge >= 0.3 is 6.18 Å². The van der Waals surface area contributed by atoms with Crippen LogP contribution in [0.15, 0.2) is 18.2 Å². The lowest BCUT2D eigenvalue weighted by Crippen LogP contribution is -2.36. The first-order valence-corrected chi connectivity index (χ1v) is 6.48. The molecule has 1 aromatic rings. The van der Waals surface area contributed by atoms with E-state index >= 15 is 0 Å². The Bertz CT molecular complexity index is 480. The number of carbonyl (C=O) groups excluding carboxylic acids is 1. The van der Waals surface area contributed by atoms with Crippen molar-refractivity contribution in [3.05, 3.63) is 29.3 Å². The van der Waals surface area contributed by atoms with Gasteiger partial charge in [-0.15, -0.1) is 0 Å². The SMILES string of the molecule is O=Cc1ccc(N2CCC(CO)CC2)c(C(F)(F)F)c1. The number of alkyl halides is 3. The second-order valence-corrected chi connectivity index (χ2v) is 5.01. The standard InChI is InChI=1S/C14H16F3NO2/c15-14(16,17)12-7-11(9-20)1-2-13(12)18-5-3-10(8-19)4-6-18/h1-2,7,9-10,19H,3-6,8H2. The Morgan fingerprint density at radius 2 is 1.95 bits per heavy atom. The average molecular weight is 287 g/mol. The maximum absolute atomic E-state index is 13.1. The first-order chi connectivity index (χ1) is 9.45. The fourth-order valence-corrected chi connectivity index (χ4v) is 2.49. The lowest BCUT2D eigenvalue weighted by molar-refractivity contribution is -0.137. The number of nitrogens with zero attached hydrogens (tertiary/aromatic N) is 1. The van der Waals surface area contributed by atoms with E-state index in [1.165, 1.54) is 12.1 Å². The molecule has 1 heterocycles. The van der Waals surface area contributed by atoms with Crippen molar-refractivity contribution in [1.82, 2.24) is 0 Å². The third-order valence-corrected chi connectivity index (χ3v) is 3.68. The Morgan fingerprint density at radius 3 is 2.45 bits per heavy atom. The predicted molar refractivity (Wildman–Crippen MR) is 68.9 cm³/mol. The topological polar surface area (TPSA) is 40.5 Å². The molecule has 0 amide bonds. The Balaban J connectivity index is 2.29. The number of benzene rings is 1. The summed E-state index contributed by atoms with van der Waals surface area (Å²) in [6.45, 7) is 1.04. The van der Waals surface area contributed by atoms with Gasteiger partial charge in [-0.2, -0.15) is 13.2 Å². The molecular weight excluding hydrogens is 271 g/mol. The summed E-state index contributed by atoms with van der Waals surface area (Å²) in [6, 6.07) is 3.64. The Labute approximate surface area is 115 Å². The fourth-order valence-electron chi connectivity index (χ4n) is 2.49. The van der Waals surface area contributed by atoms with Gasteiger partial charge in [0.2, 0.25) is 0 Å². The van der Waals surface area contributed by atoms with Crippen molar-refractivity contribution in [2.75, 3.05) is 24.6 Å². The third kappa shape index (κ3) is 3.12. The van der Waals surface area contributed by atoms with Gasteiger partial charge in [-0.3, -0.25) is 4.79 Å². The maximum atomic E-state index is 13.1. The van der Waals surface area contributed by atoms with Crippen molar-refractivity contribution in [2.24, 2.45) is 5.92 Å². The Morgan fingerprint density at radius 1 is 1.30 bits per heavy atom. The van der Waals surface area contributed by atoms with Crippen LogP contribution in [0.5, 0.6) is 0 Å². The highest BCUT2D eigenvalue weighted by Crippen LogP contribution is 2.38. The molecule has 1 aliphatic rings. The third-order valence-electron chi connectivity index (χ3n) is 3.68. The molecule has 1 N–H and O–H groups in total. The van der Waals surface area contributed by atoms with Crippen LogP contribution in [0.3, 0.4) is 0 Å². The molecule has 0 spiro atoms. The van der Waals surface area contributed by atoms with E-state index in [9.17, 15) is 18.0 Å². The van der Waals surface area contributed by atoms with E-state index in [2.05, 4.69) is 0 Å². The number of carbonyl (C=O) groups is 1. The quantitative estimate of drug-likeness (QED) is 0.869. The van der Waals surface area contributed by atoms with Crippen LogP contribution < -0.4 is 4.90 Å². The zero-order chi connectivity index (χ0) is 14.8. The van der Waals surface area contributed by atoms with Gasteiger partial charge in [0, 0.05) is 30.9 Å². The largest absolute Gasteiger partial charge is 0.418 e. The monoisotopic (exact) mass is 287 g/mol. The van der Waals surface area contributed by atoms with Crippen LogP contribution in [0.4, 0.5) is 18.9 Å². The molecular formula is C14H16F3NO2. The normalized spacial score (nSPS) is 17.3. The van der Waals surface area contributed by atoms with E-state index in [0.29, 0.717) is 32.2 Å². The van der Waals surface area contributed by atoms with Gasteiger partial charge in [0.05, 0.1) is 5.56 Å². The minimum Gasteiger partial charge on any atom is -0.396 e. The van der Waals surface area contributed by atoms with Gasteiger partial charge in [-0.05, 0) is 37.0 Å². The predicted octanol–water partition coefficient (Wildman–Crippen LogP) is 2.73. The van der Waals surface area contributed by atoms with Crippen molar-refractivity contribution in [2.45, 2.75) is 19.0 Å². The molecule has 0 radical (unpaired) electrons. The number of aldehydes is 1. The number of rotatable bonds is 3. The van der Waals surface area contributed by atoms with Crippen molar-refractivity contribution in [3.8, 4) is 0 Å². The molecule has 1 aliphatic heterocycles. The summed E-state index contributed by atoms with van der Waals surface area (Å²) in [4.78, 5) is 12.3. The number of aliphatic hydroxyl groups is 1. The van der Waals surface area contributed by atoms with Gasteiger partial charge in [0.15, 0.2) is 0 Å². The summed E-state index contributed by atoms with van der Waals surface area (Å²) in [5, 5.41) is 9.06. The molecule has 2 rings (SSSR count). The molecule has 0 aromatic heterocycles. The minimum atomic E-state index is -4.48. The molecule has 110 valence electrons. The van der Waals surface area contributed by atoms with Gasteiger partial charge < -0.3 is 10.0 Å². The first-order valence-electron chi connectivity index (χ1n) is 6.48. The zero-order valence-corrected chi connectivity index (χ0v) is 10.9. The number of aliphatic hydroxyl groups excluding tert-OH is 1.